The summed E-state index contributed by atoms with van der Waals surface area (Å²) in [6, 6.07) is -0.337. The largest absolute Gasteiger partial charge is 0.378 e. The first-order chi connectivity index (χ1) is 9.99. The Hall–Kier alpha value is -1.10. The van der Waals surface area contributed by atoms with Gasteiger partial charge in [0.2, 0.25) is 11.8 Å². The smallest absolute Gasteiger partial charge is 0.248 e. The van der Waals surface area contributed by atoms with Crippen molar-refractivity contribution in [1.29, 1.82) is 0 Å². The Balaban J connectivity index is 2.24. The van der Waals surface area contributed by atoms with Gasteiger partial charge >= 0.3 is 0 Å². The molecule has 2 aliphatic rings. The lowest BCUT2D eigenvalue weighted by atomic mass is 9.85. The van der Waals surface area contributed by atoms with E-state index >= 15 is 0 Å². The zero-order valence-electron chi connectivity index (χ0n) is 13.6. The summed E-state index contributed by atoms with van der Waals surface area (Å²) < 4.78 is 5.60. The topological polar surface area (TPSA) is 58.6 Å². The summed E-state index contributed by atoms with van der Waals surface area (Å²) in [6.45, 7) is 9.34. The molecule has 1 N–H and O–H groups in total. The van der Waals surface area contributed by atoms with Gasteiger partial charge in [-0.05, 0) is 32.6 Å². The van der Waals surface area contributed by atoms with E-state index in [9.17, 15) is 9.59 Å². The van der Waals surface area contributed by atoms with Crippen LogP contribution in [-0.2, 0) is 14.3 Å². The Morgan fingerprint density at radius 3 is 2.43 bits per heavy atom. The maximum atomic E-state index is 13.0. The molecule has 0 radical (unpaired) electrons. The fourth-order valence-electron chi connectivity index (χ4n) is 3.54. The van der Waals surface area contributed by atoms with Crippen molar-refractivity contribution in [1.82, 2.24) is 10.2 Å². The highest BCUT2D eigenvalue weighted by Gasteiger charge is 2.49. The van der Waals surface area contributed by atoms with E-state index in [-0.39, 0.29) is 24.0 Å². The molecule has 2 aliphatic heterocycles. The van der Waals surface area contributed by atoms with Gasteiger partial charge in [0, 0.05) is 19.1 Å². The molecule has 2 heterocycles. The number of hydrogen-bond donors (Lipinski definition) is 1. The quantitative estimate of drug-likeness (QED) is 0.840. The standard InChI is InChI=1S/C16H28N2O3/c1-5-13-14(19)17-16(6-2,7-3)15(20)18(13)10-12-8-9-21-11(12)4/h11-13H,5-10H2,1-4H3,(H,17,19). The first-order valence-electron chi connectivity index (χ1n) is 8.23. The molecular weight excluding hydrogens is 268 g/mol. The second kappa shape index (κ2) is 6.34. The molecule has 0 spiro atoms. The minimum absolute atomic E-state index is 0.00707. The van der Waals surface area contributed by atoms with Gasteiger partial charge in [-0.2, -0.15) is 0 Å². The average Bonchev–Trinajstić information content (AvgIpc) is 2.88. The van der Waals surface area contributed by atoms with Crippen LogP contribution in [0.5, 0.6) is 0 Å². The predicted octanol–water partition coefficient (Wildman–Crippen LogP) is 1.71. The average molecular weight is 296 g/mol. The molecule has 0 bridgehead atoms. The van der Waals surface area contributed by atoms with Crippen LogP contribution in [0.1, 0.15) is 53.4 Å². The van der Waals surface area contributed by atoms with Crippen LogP contribution in [-0.4, -0.2) is 47.6 Å². The van der Waals surface area contributed by atoms with E-state index in [1.807, 2.05) is 25.7 Å². The monoisotopic (exact) mass is 296 g/mol. The molecule has 3 unspecified atom stereocenters. The van der Waals surface area contributed by atoms with Crippen LogP contribution in [0.3, 0.4) is 0 Å². The highest BCUT2D eigenvalue weighted by Crippen LogP contribution is 2.29. The SMILES string of the molecule is CCC1C(=O)NC(CC)(CC)C(=O)N1CC1CCOC1C. The van der Waals surface area contributed by atoms with E-state index in [1.165, 1.54) is 0 Å². The highest BCUT2D eigenvalue weighted by atomic mass is 16.5. The molecule has 5 nitrogen and oxygen atoms in total. The van der Waals surface area contributed by atoms with Crippen LogP contribution in [0.4, 0.5) is 0 Å². The molecule has 0 aromatic rings. The molecule has 2 amide bonds. The van der Waals surface area contributed by atoms with Crippen molar-refractivity contribution in [2.75, 3.05) is 13.2 Å². The summed E-state index contributed by atoms with van der Waals surface area (Å²) in [5.41, 5.74) is -0.717. The van der Waals surface area contributed by atoms with Crippen molar-refractivity contribution in [3.63, 3.8) is 0 Å². The van der Waals surface area contributed by atoms with E-state index in [0.717, 1.165) is 13.0 Å². The molecule has 0 aromatic carbocycles. The van der Waals surface area contributed by atoms with Crippen LogP contribution in [0, 0.1) is 5.92 Å². The minimum atomic E-state index is -0.717. The fourth-order valence-corrected chi connectivity index (χ4v) is 3.54. The number of amides is 2. The maximum absolute atomic E-state index is 13.0. The van der Waals surface area contributed by atoms with E-state index in [4.69, 9.17) is 4.74 Å². The van der Waals surface area contributed by atoms with Crippen LogP contribution in [0.2, 0.25) is 0 Å². The molecule has 2 fully saturated rings. The Morgan fingerprint density at radius 2 is 1.95 bits per heavy atom. The van der Waals surface area contributed by atoms with Crippen LogP contribution in [0.25, 0.3) is 0 Å². The first-order valence-corrected chi connectivity index (χ1v) is 8.23. The van der Waals surface area contributed by atoms with Gasteiger partial charge in [-0.3, -0.25) is 9.59 Å². The van der Waals surface area contributed by atoms with E-state index in [1.54, 1.807) is 0 Å². The summed E-state index contributed by atoms with van der Waals surface area (Å²) in [5.74, 6) is 0.408. The molecule has 2 rings (SSSR count). The fraction of sp³-hybridized carbons (Fsp3) is 0.875. The second-order valence-electron chi connectivity index (χ2n) is 6.28. The predicted molar refractivity (Wildman–Crippen MR) is 80.8 cm³/mol. The normalized spacial score (nSPS) is 32.4. The number of carbonyl (C=O) groups excluding carboxylic acids is 2. The lowest BCUT2D eigenvalue weighted by Crippen LogP contribution is -2.70. The molecule has 2 saturated heterocycles. The Morgan fingerprint density at radius 1 is 1.29 bits per heavy atom. The van der Waals surface area contributed by atoms with Gasteiger partial charge in [-0.1, -0.05) is 20.8 Å². The number of nitrogens with zero attached hydrogens (tertiary/aromatic N) is 1. The summed E-state index contributed by atoms with van der Waals surface area (Å²) in [6.07, 6.45) is 3.06. The highest BCUT2D eigenvalue weighted by molar-refractivity contribution is 5.99. The second-order valence-corrected chi connectivity index (χ2v) is 6.28. The number of hydrogen-bond acceptors (Lipinski definition) is 3. The van der Waals surface area contributed by atoms with Crippen LogP contribution < -0.4 is 5.32 Å². The number of ether oxygens (including phenoxy) is 1. The van der Waals surface area contributed by atoms with Gasteiger partial charge in [-0.25, -0.2) is 0 Å². The van der Waals surface area contributed by atoms with Crippen LogP contribution in [0.15, 0.2) is 0 Å². The molecule has 5 heteroatoms. The third kappa shape index (κ3) is 2.80. The zero-order chi connectivity index (χ0) is 15.6. The first kappa shape index (κ1) is 16.3. The van der Waals surface area contributed by atoms with Gasteiger partial charge < -0.3 is 15.0 Å². The lowest BCUT2D eigenvalue weighted by molar-refractivity contribution is -0.156. The van der Waals surface area contributed by atoms with Gasteiger partial charge in [0.25, 0.3) is 0 Å². The Bertz CT molecular complexity index is 406. The third-order valence-electron chi connectivity index (χ3n) is 5.27. The molecule has 0 aromatic heterocycles. The molecular formula is C16H28N2O3. The van der Waals surface area contributed by atoms with Crippen molar-refractivity contribution in [2.24, 2.45) is 5.92 Å². The summed E-state index contributed by atoms with van der Waals surface area (Å²) >= 11 is 0. The zero-order valence-corrected chi connectivity index (χ0v) is 13.6. The molecule has 120 valence electrons. The molecule has 21 heavy (non-hydrogen) atoms. The Kier molecular flexibility index (Phi) is 4.91. The van der Waals surface area contributed by atoms with Gasteiger partial charge in [0.05, 0.1) is 6.10 Å². The summed E-state index contributed by atoms with van der Waals surface area (Å²) in [4.78, 5) is 27.2. The molecule has 0 saturated carbocycles. The number of carbonyl (C=O) groups is 2. The lowest BCUT2D eigenvalue weighted by Gasteiger charge is -2.46. The van der Waals surface area contributed by atoms with Crippen molar-refractivity contribution < 1.29 is 14.3 Å². The van der Waals surface area contributed by atoms with Crippen molar-refractivity contribution >= 4 is 11.8 Å². The Labute approximate surface area is 127 Å². The summed E-state index contributed by atoms with van der Waals surface area (Å²) in [7, 11) is 0. The summed E-state index contributed by atoms with van der Waals surface area (Å²) in [5, 5.41) is 2.98. The number of piperazine rings is 1. The minimum Gasteiger partial charge on any atom is -0.378 e. The van der Waals surface area contributed by atoms with Crippen molar-refractivity contribution in [3.05, 3.63) is 0 Å². The van der Waals surface area contributed by atoms with E-state index in [2.05, 4.69) is 12.2 Å². The molecule has 0 aliphatic carbocycles. The van der Waals surface area contributed by atoms with E-state index in [0.29, 0.717) is 31.7 Å². The van der Waals surface area contributed by atoms with Gasteiger partial charge in [0.15, 0.2) is 0 Å². The molecule has 3 atom stereocenters. The van der Waals surface area contributed by atoms with Crippen molar-refractivity contribution in [2.45, 2.75) is 71.1 Å². The van der Waals surface area contributed by atoms with Gasteiger partial charge in [0.1, 0.15) is 11.6 Å². The number of nitrogens with one attached hydrogen (secondary N) is 1. The van der Waals surface area contributed by atoms with E-state index < -0.39 is 5.54 Å². The van der Waals surface area contributed by atoms with Gasteiger partial charge in [-0.15, -0.1) is 0 Å². The van der Waals surface area contributed by atoms with Crippen LogP contribution >= 0.6 is 0 Å². The number of rotatable bonds is 5. The van der Waals surface area contributed by atoms with Crippen molar-refractivity contribution in [3.8, 4) is 0 Å². The maximum Gasteiger partial charge on any atom is 0.248 e. The third-order valence-corrected chi connectivity index (χ3v) is 5.27.